The lowest BCUT2D eigenvalue weighted by atomic mass is 9.85. The SMILES string of the molecule is COc1ccc(S(=O)(=O)NCCC2=C(C)C(=O)C(C)=C(C)C2=O)cc1. The van der Waals surface area contributed by atoms with Gasteiger partial charge in [0.05, 0.1) is 12.0 Å². The number of carbonyl (C=O) groups excluding carboxylic acids is 2. The number of benzene rings is 1. The zero-order valence-corrected chi connectivity index (χ0v) is 15.5. The minimum absolute atomic E-state index is 0.0341. The van der Waals surface area contributed by atoms with Gasteiger partial charge in [0.15, 0.2) is 11.6 Å². The van der Waals surface area contributed by atoms with Gasteiger partial charge in [0.1, 0.15) is 5.75 Å². The Morgan fingerprint density at radius 2 is 1.48 bits per heavy atom. The highest BCUT2D eigenvalue weighted by Crippen LogP contribution is 2.26. The zero-order chi connectivity index (χ0) is 18.8. The van der Waals surface area contributed by atoms with E-state index in [1.54, 1.807) is 32.9 Å². The van der Waals surface area contributed by atoms with E-state index >= 15 is 0 Å². The van der Waals surface area contributed by atoms with Gasteiger partial charge < -0.3 is 4.74 Å². The molecule has 0 bridgehead atoms. The number of hydrogen-bond acceptors (Lipinski definition) is 5. The lowest BCUT2D eigenvalue weighted by Crippen LogP contribution is -2.28. The maximum Gasteiger partial charge on any atom is 0.240 e. The largest absolute Gasteiger partial charge is 0.497 e. The Morgan fingerprint density at radius 1 is 0.920 bits per heavy atom. The molecule has 0 spiro atoms. The maximum atomic E-state index is 12.3. The first-order chi connectivity index (χ1) is 11.7. The Labute approximate surface area is 147 Å². The molecular formula is C18H21NO5S. The van der Waals surface area contributed by atoms with Crippen molar-refractivity contribution in [2.24, 2.45) is 0 Å². The number of ketones is 2. The van der Waals surface area contributed by atoms with Crippen molar-refractivity contribution in [3.63, 3.8) is 0 Å². The van der Waals surface area contributed by atoms with Crippen molar-refractivity contribution < 1.29 is 22.7 Å². The van der Waals surface area contributed by atoms with E-state index in [9.17, 15) is 18.0 Å². The fraction of sp³-hybridized carbons (Fsp3) is 0.333. The Bertz CT molecular complexity index is 877. The Balaban J connectivity index is 2.09. The van der Waals surface area contributed by atoms with Gasteiger partial charge in [-0.25, -0.2) is 13.1 Å². The third kappa shape index (κ3) is 3.88. The van der Waals surface area contributed by atoms with E-state index in [2.05, 4.69) is 4.72 Å². The number of allylic oxidation sites excluding steroid dienone is 3. The van der Waals surface area contributed by atoms with Crippen LogP contribution in [0.15, 0.2) is 51.5 Å². The quantitative estimate of drug-likeness (QED) is 0.783. The van der Waals surface area contributed by atoms with E-state index in [0.29, 0.717) is 28.0 Å². The molecular weight excluding hydrogens is 342 g/mol. The van der Waals surface area contributed by atoms with Gasteiger partial charge in [0, 0.05) is 28.8 Å². The average molecular weight is 363 g/mol. The minimum Gasteiger partial charge on any atom is -0.497 e. The van der Waals surface area contributed by atoms with Gasteiger partial charge >= 0.3 is 0 Å². The molecule has 0 heterocycles. The van der Waals surface area contributed by atoms with Crippen molar-refractivity contribution in [3.05, 3.63) is 46.6 Å². The number of nitrogens with one attached hydrogen (secondary N) is 1. The molecule has 0 aromatic heterocycles. The fourth-order valence-corrected chi connectivity index (χ4v) is 3.64. The van der Waals surface area contributed by atoms with E-state index in [0.717, 1.165) is 0 Å². The number of rotatable bonds is 6. The van der Waals surface area contributed by atoms with Crippen LogP contribution in [0.4, 0.5) is 0 Å². The predicted molar refractivity (Wildman–Crippen MR) is 93.9 cm³/mol. The highest BCUT2D eigenvalue weighted by molar-refractivity contribution is 7.89. The summed E-state index contributed by atoms with van der Waals surface area (Å²) in [6, 6.07) is 6.00. The monoisotopic (exact) mass is 363 g/mol. The lowest BCUT2D eigenvalue weighted by Gasteiger charge is -2.18. The van der Waals surface area contributed by atoms with Crippen LogP contribution >= 0.6 is 0 Å². The molecule has 0 amide bonds. The average Bonchev–Trinajstić information content (AvgIpc) is 2.61. The van der Waals surface area contributed by atoms with Crippen LogP contribution in [0.2, 0.25) is 0 Å². The van der Waals surface area contributed by atoms with Crippen LogP contribution in [-0.4, -0.2) is 33.6 Å². The van der Waals surface area contributed by atoms with E-state index in [-0.39, 0.29) is 29.4 Å². The van der Waals surface area contributed by atoms with E-state index in [4.69, 9.17) is 4.74 Å². The molecule has 25 heavy (non-hydrogen) atoms. The van der Waals surface area contributed by atoms with Crippen LogP contribution in [0.3, 0.4) is 0 Å². The molecule has 0 fully saturated rings. The van der Waals surface area contributed by atoms with Gasteiger partial charge in [-0.1, -0.05) is 0 Å². The molecule has 1 aliphatic rings. The van der Waals surface area contributed by atoms with Crippen molar-refractivity contribution in [1.29, 1.82) is 0 Å². The number of hydrogen-bond donors (Lipinski definition) is 1. The third-order valence-electron chi connectivity index (χ3n) is 4.35. The Hall–Kier alpha value is -2.25. The first kappa shape index (κ1) is 19.1. The van der Waals surface area contributed by atoms with Gasteiger partial charge in [0.25, 0.3) is 0 Å². The third-order valence-corrected chi connectivity index (χ3v) is 5.82. The molecule has 0 unspecified atom stereocenters. The summed E-state index contributed by atoms with van der Waals surface area (Å²) < 4.78 is 32.0. The van der Waals surface area contributed by atoms with Crippen LogP contribution in [0, 0.1) is 0 Å². The maximum absolute atomic E-state index is 12.3. The van der Waals surface area contributed by atoms with E-state index < -0.39 is 10.0 Å². The molecule has 0 radical (unpaired) electrons. The van der Waals surface area contributed by atoms with Crippen LogP contribution in [-0.2, 0) is 19.6 Å². The highest BCUT2D eigenvalue weighted by Gasteiger charge is 2.27. The zero-order valence-electron chi connectivity index (χ0n) is 14.7. The topological polar surface area (TPSA) is 89.5 Å². The number of sulfonamides is 1. The Morgan fingerprint density at radius 3 is 2.04 bits per heavy atom. The van der Waals surface area contributed by atoms with E-state index in [1.807, 2.05) is 0 Å². The van der Waals surface area contributed by atoms with E-state index in [1.165, 1.54) is 19.2 Å². The van der Waals surface area contributed by atoms with Crippen LogP contribution in [0.25, 0.3) is 0 Å². The number of Topliss-reactive ketones (excluding diaryl/α,β-unsaturated/α-hetero) is 2. The predicted octanol–water partition coefficient (Wildman–Crippen LogP) is 2.17. The summed E-state index contributed by atoms with van der Waals surface area (Å²) in [5.41, 5.74) is 1.62. The molecule has 0 atom stereocenters. The summed E-state index contributed by atoms with van der Waals surface area (Å²) in [6.45, 7) is 4.88. The van der Waals surface area contributed by atoms with Crippen LogP contribution < -0.4 is 9.46 Å². The van der Waals surface area contributed by atoms with Gasteiger partial charge in [-0.3, -0.25) is 9.59 Å². The normalized spacial score (nSPS) is 15.8. The second-order valence-corrected chi connectivity index (χ2v) is 7.60. The van der Waals surface area contributed by atoms with Crippen LogP contribution in [0.1, 0.15) is 27.2 Å². The molecule has 1 N–H and O–H groups in total. The van der Waals surface area contributed by atoms with Gasteiger partial charge in [-0.05, 0) is 51.5 Å². The summed E-state index contributed by atoms with van der Waals surface area (Å²) >= 11 is 0. The van der Waals surface area contributed by atoms with Gasteiger partial charge in [-0.15, -0.1) is 0 Å². The second kappa shape index (κ2) is 7.33. The molecule has 1 aromatic carbocycles. The standard InChI is InChI=1S/C18H21NO5S/c1-11-12(2)18(21)16(13(3)17(11)20)9-10-19-25(22,23)15-7-5-14(24-4)6-8-15/h5-8,19H,9-10H2,1-4H3. The molecule has 7 heteroatoms. The molecule has 134 valence electrons. The smallest absolute Gasteiger partial charge is 0.240 e. The molecule has 1 aliphatic carbocycles. The molecule has 2 rings (SSSR count). The molecule has 1 aromatic rings. The summed E-state index contributed by atoms with van der Waals surface area (Å²) in [4.78, 5) is 24.6. The summed E-state index contributed by atoms with van der Waals surface area (Å²) in [5, 5.41) is 0. The fourth-order valence-electron chi connectivity index (χ4n) is 2.61. The molecule has 6 nitrogen and oxygen atoms in total. The van der Waals surface area contributed by atoms with Gasteiger partial charge in [0.2, 0.25) is 10.0 Å². The Kier molecular flexibility index (Phi) is 5.59. The minimum atomic E-state index is -3.70. The summed E-state index contributed by atoms with van der Waals surface area (Å²) in [7, 11) is -2.20. The number of carbonyl (C=O) groups is 2. The first-order valence-corrected chi connectivity index (χ1v) is 9.27. The second-order valence-electron chi connectivity index (χ2n) is 5.84. The van der Waals surface area contributed by atoms with Crippen molar-refractivity contribution in [1.82, 2.24) is 4.72 Å². The summed E-state index contributed by atoms with van der Waals surface area (Å²) in [5.74, 6) is 0.201. The highest BCUT2D eigenvalue weighted by atomic mass is 32.2. The lowest BCUT2D eigenvalue weighted by molar-refractivity contribution is -0.116. The van der Waals surface area contributed by atoms with Crippen molar-refractivity contribution in [2.45, 2.75) is 32.1 Å². The van der Waals surface area contributed by atoms with Crippen molar-refractivity contribution >= 4 is 21.6 Å². The van der Waals surface area contributed by atoms with Crippen molar-refractivity contribution in [3.8, 4) is 5.75 Å². The summed E-state index contributed by atoms with van der Waals surface area (Å²) in [6.07, 6.45) is 0.163. The van der Waals surface area contributed by atoms with Crippen molar-refractivity contribution in [2.75, 3.05) is 13.7 Å². The molecule has 0 saturated heterocycles. The molecule has 0 saturated carbocycles. The first-order valence-electron chi connectivity index (χ1n) is 7.79. The van der Waals surface area contributed by atoms with Crippen LogP contribution in [0.5, 0.6) is 5.75 Å². The number of methoxy groups -OCH3 is 1. The number of ether oxygens (including phenoxy) is 1. The molecule has 0 aliphatic heterocycles. The van der Waals surface area contributed by atoms with Gasteiger partial charge in [-0.2, -0.15) is 0 Å².